The predicted molar refractivity (Wildman–Crippen MR) is 89.0 cm³/mol. The number of benzene rings is 1. The standard InChI is InChI=1S/C16H20BrNOSi/c1-15(2,3)20-19-16(4,5)14-9-7-11-6-8-12(17)10-13(11)18-14/h6-10H,1-5H3. The van der Waals surface area contributed by atoms with Crippen molar-refractivity contribution in [2.75, 3.05) is 0 Å². The van der Waals surface area contributed by atoms with Gasteiger partial charge in [0.1, 0.15) is 0 Å². The smallest absolute Gasteiger partial charge is 0.237 e. The van der Waals surface area contributed by atoms with E-state index in [1.54, 1.807) is 0 Å². The summed E-state index contributed by atoms with van der Waals surface area (Å²) in [4.78, 5) is 4.76. The zero-order chi connectivity index (χ0) is 15.0. The minimum Gasteiger partial charge on any atom is -0.406 e. The van der Waals surface area contributed by atoms with Crippen molar-refractivity contribution in [3.63, 3.8) is 0 Å². The summed E-state index contributed by atoms with van der Waals surface area (Å²) in [6.07, 6.45) is 0. The summed E-state index contributed by atoms with van der Waals surface area (Å²) in [6, 6.07) is 10.3. The second-order valence-electron chi connectivity index (χ2n) is 6.50. The Morgan fingerprint density at radius 3 is 2.35 bits per heavy atom. The fraction of sp³-hybridized carbons (Fsp3) is 0.438. The van der Waals surface area contributed by atoms with Crippen LogP contribution < -0.4 is 0 Å². The summed E-state index contributed by atoms with van der Waals surface area (Å²) in [5, 5.41) is 1.32. The van der Waals surface area contributed by atoms with Crippen LogP contribution in [0.1, 0.15) is 40.3 Å². The summed E-state index contributed by atoms with van der Waals surface area (Å²) in [5.74, 6) is 0. The van der Waals surface area contributed by atoms with Crippen LogP contribution >= 0.6 is 15.9 Å². The predicted octanol–water partition coefficient (Wildman–Crippen LogP) is 5.09. The van der Waals surface area contributed by atoms with Crippen molar-refractivity contribution < 1.29 is 4.43 Å². The number of nitrogens with zero attached hydrogens (tertiary/aromatic N) is 1. The van der Waals surface area contributed by atoms with Crippen LogP contribution in [0.3, 0.4) is 0 Å². The van der Waals surface area contributed by atoms with Gasteiger partial charge in [0.25, 0.3) is 0 Å². The molecule has 2 radical (unpaired) electrons. The Labute approximate surface area is 132 Å². The van der Waals surface area contributed by atoms with Crippen LogP contribution in [0.4, 0.5) is 0 Å². The van der Waals surface area contributed by atoms with Gasteiger partial charge < -0.3 is 4.43 Å². The van der Waals surface area contributed by atoms with Gasteiger partial charge in [0.15, 0.2) is 0 Å². The zero-order valence-electron chi connectivity index (χ0n) is 12.6. The minimum absolute atomic E-state index is 0.178. The number of aromatic nitrogens is 1. The second kappa shape index (κ2) is 5.58. The van der Waals surface area contributed by atoms with Crippen LogP contribution in [0.2, 0.25) is 5.04 Å². The molecule has 0 aliphatic carbocycles. The first-order valence-corrected chi connectivity index (χ1v) is 8.39. The van der Waals surface area contributed by atoms with Crippen LogP contribution in [0.15, 0.2) is 34.8 Å². The molecule has 0 saturated carbocycles. The number of fused-ring (bicyclic) bond motifs is 1. The van der Waals surface area contributed by atoms with Crippen LogP contribution in [0.25, 0.3) is 10.9 Å². The fourth-order valence-electron chi connectivity index (χ4n) is 1.76. The molecule has 2 rings (SSSR count). The van der Waals surface area contributed by atoms with Crippen molar-refractivity contribution in [1.29, 1.82) is 0 Å². The van der Waals surface area contributed by atoms with E-state index in [9.17, 15) is 0 Å². The van der Waals surface area contributed by atoms with Gasteiger partial charge in [-0.2, -0.15) is 0 Å². The molecule has 0 aliphatic rings. The van der Waals surface area contributed by atoms with E-state index in [-0.39, 0.29) is 10.6 Å². The highest BCUT2D eigenvalue weighted by Gasteiger charge is 2.26. The lowest BCUT2D eigenvalue weighted by Crippen LogP contribution is -2.28. The van der Waals surface area contributed by atoms with E-state index in [1.165, 1.54) is 0 Å². The number of hydrogen-bond acceptors (Lipinski definition) is 2. The first-order chi connectivity index (χ1) is 9.17. The van der Waals surface area contributed by atoms with Crippen molar-refractivity contribution in [3.05, 3.63) is 40.5 Å². The topological polar surface area (TPSA) is 22.1 Å². The highest BCUT2D eigenvalue weighted by Crippen LogP contribution is 2.29. The third-order valence-corrected chi connectivity index (χ3v) is 4.60. The van der Waals surface area contributed by atoms with Gasteiger partial charge in [0.2, 0.25) is 9.76 Å². The van der Waals surface area contributed by atoms with Gasteiger partial charge in [0, 0.05) is 9.86 Å². The summed E-state index contributed by atoms with van der Waals surface area (Å²) in [7, 11) is 0.444. The molecule has 2 aromatic rings. The minimum atomic E-state index is -0.373. The molecule has 1 aromatic heterocycles. The largest absolute Gasteiger partial charge is 0.406 e. The van der Waals surface area contributed by atoms with E-state index in [0.717, 1.165) is 21.1 Å². The summed E-state index contributed by atoms with van der Waals surface area (Å²) < 4.78 is 7.16. The molecule has 0 atom stereocenters. The summed E-state index contributed by atoms with van der Waals surface area (Å²) >= 11 is 3.49. The van der Waals surface area contributed by atoms with E-state index in [4.69, 9.17) is 9.41 Å². The maximum atomic E-state index is 6.11. The van der Waals surface area contributed by atoms with E-state index in [0.29, 0.717) is 9.76 Å². The van der Waals surface area contributed by atoms with Gasteiger partial charge in [-0.25, -0.2) is 4.98 Å². The van der Waals surface area contributed by atoms with E-state index in [2.05, 4.69) is 68.7 Å². The molecule has 0 aliphatic heterocycles. The molecule has 0 unspecified atom stereocenters. The van der Waals surface area contributed by atoms with Crippen LogP contribution in [-0.4, -0.2) is 14.7 Å². The SMILES string of the molecule is CC(C)(C)[Si]OC(C)(C)c1ccc2ccc(Br)cc2n1. The maximum Gasteiger partial charge on any atom is 0.237 e. The molecule has 0 saturated heterocycles. The lowest BCUT2D eigenvalue weighted by Gasteiger charge is -2.28. The second-order valence-corrected chi connectivity index (χ2v) is 9.32. The quantitative estimate of drug-likeness (QED) is 0.720. The summed E-state index contributed by atoms with van der Waals surface area (Å²) in [6.45, 7) is 10.7. The lowest BCUT2D eigenvalue weighted by atomic mass is 10.0. The van der Waals surface area contributed by atoms with Crippen LogP contribution in [-0.2, 0) is 10.0 Å². The number of pyridine rings is 1. The summed E-state index contributed by atoms with van der Waals surface area (Å²) in [5.41, 5.74) is 1.59. The Bertz CT molecular complexity index is 619. The normalized spacial score (nSPS) is 12.9. The molecule has 0 fully saturated rings. The third kappa shape index (κ3) is 3.90. The molecule has 1 heterocycles. The Hall–Kier alpha value is -0.713. The molecule has 0 spiro atoms. The first kappa shape index (κ1) is 15.7. The molecule has 106 valence electrons. The molecule has 20 heavy (non-hydrogen) atoms. The number of halogens is 1. The fourth-order valence-corrected chi connectivity index (χ4v) is 2.77. The van der Waals surface area contributed by atoms with Gasteiger partial charge in [-0.05, 0) is 37.1 Å². The van der Waals surface area contributed by atoms with Gasteiger partial charge in [0.05, 0.1) is 16.8 Å². The monoisotopic (exact) mass is 349 g/mol. The third-order valence-electron chi connectivity index (χ3n) is 2.88. The van der Waals surface area contributed by atoms with Crippen molar-refractivity contribution in [3.8, 4) is 0 Å². The molecular weight excluding hydrogens is 330 g/mol. The average molecular weight is 350 g/mol. The van der Waals surface area contributed by atoms with E-state index < -0.39 is 0 Å². The molecule has 0 bridgehead atoms. The molecule has 1 aromatic carbocycles. The highest BCUT2D eigenvalue weighted by molar-refractivity contribution is 9.10. The van der Waals surface area contributed by atoms with Gasteiger partial charge >= 0.3 is 0 Å². The molecule has 2 nitrogen and oxygen atoms in total. The van der Waals surface area contributed by atoms with Crippen LogP contribution in [0, 0.1) is 0 Å². The van der Waals surface area contributed by atoms with Crippen molar-refractivity contribution in [2.24, 2.45) is 0 Å². The maximum absolute atomic E-state index is 6.11. The first-order valence-electron chi connectivity index (χ1n) is 6.69. The van der Waals surface area contributed by atoms with Gasteiger partial charge in [-0.3, -0.25) is 0 Å². The van der Waals surface area contributed by atoms with E-state index >= 15 is 0 Å². The van der Waals surface area contributed by atoms with Crippen molar-refractivity contribution >= 4 is 36.6 Å². The molecule has 0 amide bonds. The zero-order valence-corrected chi connectivity index (χ0v) is 15.2. The number of hydrogen-bond donors (Lipinski definition) is 0. The lowest BCUT2D eigenvalue weighted by molar-refractivity contribution is 0.105. The average Bonchev–Trinajstić information content (AvgIpc) is 2.35. The van der Waals surface area contributed by atoms with Crippen LogP contribution in [0.5, 0.6) is 0 Å². The van der Waals surface area contributed by atoms with Gasteiger partial charge in [-0.15, -0.1) is 0 Å². The Morgan fingerprint density at radius 2 is 1.70 bits per heavy atom. The van der Waals surface area contributed by atoms with Gasteiger partial charge in [-0.1, -0.05) is 48.8 Å². The highest BCUT2D eigenvalue weighted by atomic mass is 79.9. The molecule has 4 heteroatoms. The Morgan fingerprint density at radius 1 is 1.05 bits per heavy atom. The van der Waals surface area contributed by atoms with E-state index in [1.807, 2.05) is 12.1 Å². The van der Waals surface area contributed by atoms with Crippen molar-refractivity contribution in [1.82, 2.24) is 4.98 Å². The Kier molecular flexibility index (Phi) is 4.37. The van der Waals surface area contributed by atoms with Crippen molar-refractivity contribution in [2.45, 2.75) is 45.3 Å². The number of rotatable bonds is 3. The Balaban J connectivity index is 2.31. The molecule has 0 N–H and O–H groups in total. The molecular formula is C16H20BrNOSi.